The number of hydrogen-bond acceptors (Lipinski definition) is 7. The largest absolute Gasteiger partial charge is 0.462 e. The van der Waals surface area contributed by atoms with Gasteiger partial charge in [0.1, 0.15) is 12.4 Å². The number of aromatic nitrogens is 2. The molecule has 8 nitrogen and oxygen atoms in total. The zero-order valence-corrected chi connectivity index (χ0v) is 23.7. The van der Waals surface area contributed by atoms with Crippen LogP contribution in [-0.4, -0.2) is 83.6 Å². The van der Waals surface area contributed by atoms with Crippen LogP contribution in [0.1, 0.15) is 30.5 Å². The summed E-state index contributed by atoms with van der Waals surface area (Å²) >= 11 is 6.69. The van der Waals surface area contributed by atoms with E-state index in [1.165, 1.54) is 18.1 Å². The van der Waals surface area contributed by atoms with Crippen molar-refractivity contribution in [2.24, 2.45) is 0 Å². The molecule has 3 saturated heterocycles. The number of halogens is 1. The van der Waals surface area contributed by atoms with E-state index >= 15 is 0 Å². The Morgan fingerprint density at radius 1 is 1.15 bits per heavy atom. The first kappa shape index (κ1) is 25.6. The van der Waals surface area contributed by atoms with Crippen LogP contribution in [0.25, 0.3) is 10.8 Å². The van der Waals surface area contributed by atoms with E-state index in [0.29, 0.717) is 25.2 Å². The first-order valence-electron chi connectivity index (χ1n) is 14.3. The molecule has 1 spiro atoms. The van der Waals surface area contributed by atoms with E-state index in [1.807, 2.05) is 17.0 Å². The summed E-state index contributed by atoms with van der Waals surface area (Å²) in [4.78, 5) is 31.3. The molecule has 2 aromatic carbocycles. The fraction of sp³-hybridized carbons (Fsp3) is 0.452. The Balaban J connectivity index is 1.20. The van der Waals surface area contributed by atoms with Gasteiger partial charge in [-0.2, -0.15) is 9.97 Å². The third kappa shape index (κ3) is 4.20. The minimum atomic E-state index is -0.100. The lowest BCUT2D eigenvalue weighted by Gasteiger charge is -2.62. The summed E-state index contributed by atoms with van der Waals surface area (Å²) in [7, 11) is 2.15. The fourth-order valence-electron chi connectivity index (χ4n) is 6.96. The number of likely N-dealkylation sites (tertiary alicyclic amines) is 2. The predicted molar refractivity (Wildman–Crippen MR) is 158 cm³/mol. The second-order valence-corrected chi connectivity index (χ2v) is 12.1. The van der Waals surface area contributed by atoms with Crippen LogP contribution in [0.4, 0.5) is 11.5 Å². The van der Waals surface area contributed by atoms with Crippen LogP contribution in [0, 0.1) is 0 Å². The van der Waals surface area contributed by atoms with Gasteiger partial charge in [-0.3, -0.25) is 4.79 Å². The molecule has 0 saturated carbocycles. The Morgan fingerprint density at radius 2 is 1.98 bits per heavy atom. The molecule has 40 heavy (non-hydrogen) atoms. The second-order valence-electron chi connectivity index (χ2n) is 11.7. The van der Waals surface area contributed by atoms with E-state index in [0.717, 1.165) is 85.0 Å². The molecule has 3 fully saturated rings. The molecule has 0 bridgehead atoms. The third-order valence-electron chi connectivity index (χ3n) is 9.36. The molecule has 0 unspecified atom stereocenters. The van der Waals surface area contributed by atoms with Crippen molar-refractivity contribution in [2.75, 3.05) is 56.2 Å². The van der Waals surface area contributed by atoms with Gasteiger partial charge in [-0.15, -0.1) is 0 Å². The monoisotopic (exact) mass is 558 g/mol. The van der Waals surface area contributed by atoms with E-state index in [9.17, 15) is 4.79 Å². The zero-order valence-electron chi connectivity index (χ0n) is 23.0. The van der Waals surface area contributed by atoms with Crippen LogP contribution in [-0.2, 0) is 17.8 Å². The van der Waals surface area contributed by atoms with Gasteiger partial charge in [-0.05, 0) is 62.9 Å². The number of benzene rings is 2. The predicted octanol–water partition coefficient (Wildman–Crippen LogP) is 4.30. The molecule has 1 amide bonds. The Bertz CT molecular complexity index is 1480. The van der Waals surface area contributed by atoms with Crippen LogP contribution in [0.2, 0.25) is 5.02 Å². The molecule has 5 heterocycles. The van der Waals surface area contributed by atoms with E-state index in [1.54, 1.807) is 0 Å². The number of likely N-dealkylation sites (N-methyl/N-ethyl adjacent to an activating group) is 1. The highest BCUT2D eigenvalue weighted by Gasteiger charge is 2.55. The molecule has 0 N–H and O–H groups in total. The quantitative estimate of drug-likeness (QED) is 0.418. The molecule has 4 aliphatic rings. The maximum atomic E-state index is 12.4. The van der Waals surface area contributed by atoms with E-state index < -0.39 is 0 Å². The SMILES string of the molecule is C=CC(=O)N1CCC12CN(c1nc(OC[C@@H]3CCCN3C)nc3c1CCN(c1cccc4cccc(Cl)c14)C3)C2. The first-order valence-corrected chi connectivity index (χ1v) is 14.7. The number of carbonyl (C=O) groups excluding carboxylic acids is 1. The number of amides is 1. The number of anilines is 2. The molecule has 9 heteroatoms. The Hall–Kier alpha value is -3.36. The van der Waals surface area contributed by atoms with E-state index in [4.69, 9.17) is 26.3 Å². The average Bonchev–Trinajstić information content (AvgIpc) is 3.34. The van der Waals surface area contributed by atoms with Crippen molar-refractivity contribution in [1.29, 1.82) is 0 Å². The van der Waals surface area contributed by atoms with Crippen molar-refractivity contribution >= 4 is 39.8 Å². The van der Waals surface area contributed by atoms with Gasteiger partial charge in [-0.25, -0.2) is 0 Å². The minimum absolute atomic E-state index is 0.0183. The molecule has 0 radical (unpaired) electrons. The van der Waals surface area contributed by atoms with Gasteiger partial charge in [0.25, 0.3) is 0 Å². The standard InChI is InChI=1S/C31H35ClN6O2/c1-3-27(39)38-16-13-31(38)19-37(20-31)29-23-12-15-36(26-11-5-8-21-7-4-10-24(32)28(21)26)17-25(23)33-30(34-29)40-18-22-9-6-14-35(22)2/h3-5,7-8,10-11,22H,1,6,9,12-20H2,2H3/t22-/m0/s1. The number of fused-ring (bicyclic) bond motifs is 2. The lowest BCUT2D eigenvalue weighted by Crippen LogP contribution is -2.78. The van der Waals surface area contributed by atoms with E-state index in [2.05, 4.69) is 52.6 Å². The number of ether oxygens (including phenoxy) is 1. The van der Waals surface area contributed by atoms with Crippen molar-refractivity contribution in [3.63, 3.8) is 0 Å². The summed E-state index contributed by atoms with van der Waals surface area (Å²) < 4.78 is 6.28. The molecular formula is C31H35ClN6O2. The van der Waals surface area contributed by atoms with Crippen LogP contribution in [0.3, 0.4) is 0 Å². The Morgan fingerprint density at radius 3 is 2.70 bits per heavy atom. The van der Waals surface area contributed by atoms with Gasteiger partial charge in [-0.1, -0.05) is 42.4 Å². The lowest BCUT2D eigenvalue weighted by atomic mass is 9.77. The van der Waals surface area contributed by atoms with Crippen molar-refractivity contribution in [1.82, 2.24) is 19.8 Å². The third-order valence-corrected chi connectivity index (χ3v) is 9.67. The normalized spacial score (nSPS) is 21.8. The van der Waals surface area contributed by atoms with Gasteiger partial charge in [0.05, 0.1) is 22.8 Å². The summed E-state index contributed by atoms with van der Waals surface area (Å²) in [5, 5.41) is 2.97. The van der Waals surface area contributed by atoms with Crippen LogP contribution in [0.15, 0.2) is 49.1 Å². The highest BCUT2D eigenvalue weighted by Crippen LogP contribution is 2.44. The second kappa shape index (κ2) is 9.93. The molecule has 1 atom stereocenters. The maximum absolute atomic E-state index is 12.4. The van der Waals surface area contributed by atoms with Crippen molar-refractivity contribution in [2.45, 2.75) is 43.8 Å². The zero-order chi connectivity index (χ0) is 27.4. The summed E-state index contributed by atoms with van der Waals surface area (Å²) in [6.45, 7) is 9.25. The lowest BCUT2D eigenvalue weighted by molar-refractivity contribution is -0.144. The number of nitrogens with zero attached hydrogens (tertiary/aromatic N) is 6. The van der Waals surface area contributed by atoms with Gasteiger partial charge < -0.3 is 24.3 Å². The summed E-state index contributed by atoms with van der Waals surface area (Å²) in [6, 6.07) is 13.2. The fourth-order valence-corrected chi connectivity index (χ4v) is 7.24. The van der Waals surface area contributed by atoms with Crippen molar-refractivity contribution in [3.05, 3.63) is 65.3 Å². The van der Waals surface area contributed by atoms with Gasteiger partial charge >= 0.3 is 6.01 Å². The van der Waals surface area contributed by atoms with Crippen molar-refractivity contribution < 1.29 is 9.53 Å². The molecule has 7 rings (SSSR count). The Kier molecular flexibility index (Phi) is 6.35. The Labute approximate surface area is 240 Å². The average molecular weight is 559 g/mol. The molecule has 3 aromatic rings. The number of hydrogen-bond donors (Lipinski definition) is 0. The van der Waals surface area contributed by atoms with Crippen LogP contribution >= 0.6 is 11.6 Å². The smallest absolute Gasteiger partial charge is 0.318 e. The topological polar surface area (TPSA) is 65.0 Å². The molecule has 0 aliphatic carbocycles. The molecule has 1 aromatic heterocycles. The van der Waals surface area contributed by atoms with Crippen LogP contribution in [0.5, 0.6) is 6.01 Å². The molecular weight excluding hydrogens is 524 g/mol. The van der Waals surface area contributed by atoms with Gasteiger partial charge in [0.15, 0.2) is 0 Å². The maximum Gasteiger partial charge on any atom is 0.318 e. The highest BCUT2D eigenvalue weighted by molar-refractivity contribution is 6.36. The van der Waals surface area contributed by atoms with Crippen LogP contribution < -0.4 is 14.5 Å². The summed E-state index contributed by atoms with van der Waals surface area (Å²) in [5.74, 6) is 0.976. The van der Waals surface area contributed by atoms with Crippen molar-refractivity contribution in [3.8, 4) is 6.01 Å². The molecule has 4 aliphatic heterocycles. The number of rotatable bonds is 6. The summed E-state index contributed by atoms with van der Waals surface area (Å²) in [5.41, 5.74) is 3.21. The molecule has 208 valence electrons. The highest BCUT2D eigenvalue weighted by atomic mass is 35.5. The first-order chi connectivity index (χ1) is 19.5. The number of carbonyl (C=O) groups is 1. The van der Waals surface area contributed by atoms with Gasteiger partial charge in [0, 0.05) is 48.9 Å². The van der Waals surface area contributed by atoms with E-state index in [-0.39, 0.29) is 11.4 Å². The summed E-state index contributed by atoms with van der Waals surface area (Å²) in [6.07, 6.45) is 5.60. The van der Waals surface area contributed by atoms with Gasteiger partial charge in [0.2, 0.25) is 5.91 Å². The minimum Gasteiger partial charge on any atom is -0.462 e.